The minimum atomic E-state index is 0.292. The quantitative estimate of drug-likeness (QED) is 0.449. The molecule has 0 heteroatoms. The highest BCUT2D eigenvalue weighted by atomic mass is 14.2. The minimum Gasteiger partial charge on any atom is -0.103 e. The van der Waals surface area contributed by atoms with Crippen LogP contribution in [0.15, 0.2) is 0 Å². The molecular weight excluding hydrogens is 120 g/mol. The smallest absolute Gasteiger partial charge is 0.0258 e. The molecule has 1 rings (SSSR count). The maximum Gasteiger partial charge on any atom is 0.0258 e. The van der Waals surface area contributed by atoms with E-state index >= 15 is 0 Å². The summed E-state index contributed by atoms with van der Waals surface area (Å²) in [5.41, 5.74) is 0.292. The molecule has 56 valence electrons. The van der Waals surface area contributed by atoms with Gasteiger partial charge in [0.2, 0.25) is 0 Å². The predicted molar refractivity (Wildman–Crippen MR) is 44.6 cm³/mol. The van der Waals surface area contributed by atoms with Gasteiger partial charge < -0.3 is 0 Å². The molecule has 0 N–H and O–H groups in total. The van der Waals surface area contributed by atoms with Gasteiger partial charge in [-0.25, -0.2) is 0 Å². The van der Waals surface area contributed by atoms with Crippen molar-refractivity contribution in [3.8, 4) is 11.8 Å². The summed E-state index contributed by atoms with van der Waals surface area (Å²) in [6, 6.07) is 0. The number of rotatable bonds is 0. The lowest BCUT2D eigenvalue weighted by Crippen LogP contribution is -2.08. The molecular formula is C10H16. The van der Waals surface area contributed by atoms with E-state index < -0.39 is 0 Å². The van der Waals surface area contributed by atoms with Crippen LogP contribution in [0.5, 0.6) is 0 Å². The molecule has 0 unspecified atom stereocenters. The summed E-state index contributed by atoms with van der Waals surface area (Å²) in [5, 5.41) is 0. The molecule has 0 saturated carbocycles. The van der Waals surface area contributed by atoms with Gasteiger partial charge in [0, 0.05) is 11.8 Å². The van der Waals surface area contributed by atoms with Crippen LogP contribution in [0.25, 0.3) is 0 Å². The molecule has 0 spiro atoms. The molecule has 0 aromatic carbocycles. The summed E-state index contributed by atoms with van der Waals surface area (Å²) in [4.78, 5) is 0. The van der Waals surface area contributed by atoms with E-state index in [1.807, 2.05) is 0 Å². The van der Waals surface area contributed by atoms with E-state index in [1.165, 1.54) is 25.7 Å². The Morgan fingerprint density at radius 2 is 1.90 bits per heavy atom. The van der Waals surface area contributed by atoms with Crippen LogP contribution in [0.1, 0.15) is 46.0 Å². The van der Waals surface area contributed by atoms with E-state index in [4.69, 9.17) is 0 Å². The first-order valence-electron chi connectivity index (χ1n) is 4.21. The molecule has 0 atom stereocenters. The van der Waals surface area contributed by atoms with Crippen molar-refractivity contribution >= 4 is 0 Å². The molecule has 0 aromatic heterocycles. The fourth-order valence-electron chi connectivity index (χ4n) is 1.32. The van der Waals surface area contributed by atoms with Gasteiger partial charge in [0.05, 0.1) is 0 Å². The number of hydrogen-bond donors (Lipinski definition) is 0. The first-order valence-corrected chi connectivity index (χ1v) is 4.21. The van der Waals surface area contributed by atoms with Gasteiger partial charge in [-0.15, -0.1) is 5.92 Å². The Bertz CT molecular complexity index is 155. The third-order valence-electron chi connectivity index (χ3n) is 2.03. The Labute approximate surface area is 64.0 Å². The molecule has 10 heavy (non-hydrogen) atoms. The third-order valence-corrected chi connectivity index (χ3v) is 2.03. The van der Waals surface area contributed by atoms with Crippen molar-refractivity contribution in [3.05, 3.63) is 0 Å². The van der Waals surface area contributed by atoms with Crippen molar-refractivity contribution in [2.45, 2.75) is 46.0 Å². The molecule has 0 nitrogen and oxygen atoms in total. The summed E-state index contributed by atoms with van der Waals surface area (Å²) in [7, 11) is 0. The highest BCUT2D eigenvalue weighted by Gasteiger charge is 2.13. The first-order chi connectivity index (χ1) is 4.71. The van der Waals surface area contributed by atoms with Gasteiger partial charge in [0.25, 0.3) is 0 Å². The normalized spacial score (nSPS) is 23.8. The van der Waals surface area contributed by atoms with Crippen molar-refractivity contribution in [1.29, 1.82) is 0 Å². The Morgan fingerprint density at radius 3 is 2.70 bits per heavy atom. The maximum atomic E-state index is 3.31. The van der Waals surface area contributed by atoms with Crippen LogP contribution in [0, 0.1) is 17.3 Å². The standard InChI is InChI=1S/C10H16/c1-10(2)8-6-4-3-5-7-9-10/h3-6,8H2,1-2H3. The molecule has 0 heterocycles. The minimum absolute atomic E-state index is 0.292. The zero-order chi connectivity index (χ0) is 7.45. The Balaban J connectivity index is 2.56. The SMILES string of the molecule is CC1(C)C#CCCCCC1. The Morgan fingerprint density at radius 1 is 1.10 bits per heavy atom. The molecule has 0 fully saturated rings. The predicted octanol–water partition coefficient (Wildman–Crippen LogP) is 2.98. The van der Waals surface area contributed by atoms with Gasteiger partial charge in [0.15, 0.2) is 0 Å². The molecule has 0 saturated heterocycles. The van der Waals surface area contributed by atoms with Gasteiger partial charge in [-0.3, -0.25) is 0 Å². The highest BCUT2D eigenvalue weighted by molar-refractivity contribution is 5.09. The summed E-state index contributed by atoms with van der Waals surface area (Å²) in [6.07, 6.45) is 6.44. The summed E-state index contributed by atoms with van der Waals surface area (Å²) in [5.74, 6) is 6.54. The van der Waals surface area contributed by atoms with Gasteiger partial charge in [0.1, 0.15) is 0 Å². The van der Waals surface area contributed by atoms with Crippen LogP contribution in [-0.4, -0.2) is 0 Å². The fraction of sp³-hybridized carbons (Fsp3) is 0.800. The molecule has 1 aliphatic carbocycles. The van der Waals surface area contributed by atoms with Crippen molar-refractivity contribution in [3.63, 3.8) is 0 Å². The zero-order valence-corrected chi connectivity index (χ0v) is 7.04. The van der Waals surface area contributed by atoms with Crippen LogP contribution in [-0.2, 0) is 0 Å². The fourth-order valence-corrected chi connectivity index (χ4v) is 1.32. The average Bonchev–Trinajstić information content (AvgIpc) is 1.81. The summed E-state index contributed by atoms with van der Waals surface area (Å²) >= 11 is 0. The van der Waals surface area contributed by atoms with Crippen molar-refractivity contribution in [2.24, 2.45) is 5.41 Å². The van der Waals surface area contributed by atoms with Crippen LogP contribution < -0.4 is 0 Å². The Kier molecular flexibility index (Phi) is 2.38. The molecule has 0 radical (unpaired) electrons. The molecule has 0 amide bonds. The average molecular weight is 136 g/mol. The van der Waals surface area contributed by atoms with E-state index in [9.17, 15) is 0 Å². The van der Waals surface area contributed by atoms with Crippen molar-refractivity contribution < 1.29 is 0 Å². The largest absolute Gasteiger partial charge is 0.103 e. The molecule has 0 bridgehead atoms. The monoisotopic (exact) mass is 136 g/mol. The van der Waals surface area contributed by atoms with E-state index in [-0.39, 0.29) is 0 Å². The lowest BCUT2D eigenvalue weighted by molar-refractivity contribution is 0.423. The maximum absolute atomic E-state index is 3.31. The molecule has 0 aliphatic heterocycles. The summed E-state index contributed by atoms with van der Waals surface area (Å²) in [6.45, 7) is 4.48. The van der Waals surface area contributed by atoms with Gasteiger partial charge in [-0.2, -0.15) is 0 Å². The molecule has 0 aromatic rings. The summed E-state index contributed by atoms with van der Waals surface area (Å²) < 4.78 is 0. The van der Waals surface area contributed by atoms with E-state index in [2.05, 4.69) is 25.7 Å². The topological polar surface area (TPSA) is 0 Å². The van der Waals surface area contributed by atoms with E-state index in [0.29, 0.717) is 5.41 Å². The van der Waals surface area contributed by atoms with Crippen LogP contribution >= 0.6 is 0 Å². The first kappa shape index (κ1) is 7.66. The van der Waals surface area contributed by atoms with Crippen LogP contribution in [0.4, 0.5) is 0 Å². The van der Waals surface area contributed by atoms with Gasteiger partial charge in [-0.1, -0.05) is 18.8 Å². The second-order valence-corrected chi connectivity index (χ2v) is 3.75. The van der Waals surface area contributed by atoms with Crippen LogP contribution in [0.2, 0.25) is 0 Å². The molecule has 1 aliphatic rings. The highest BCUT2D eigenvalue weighted by Crippen LogP contribution is 2.24. The second-order valence-electron chi connectivity index (χ2n) is 3.75. The second kappa shape index (κ2) is 3.10. The van der Waals surface area contributed by atoms with Crippen molar-refractivity contribution in [2.75, 3.05) is 0 Å². The van der Waals surface area contributed by atoms with E-state index in [0.717, 1.165) is 6.42 Å². The zero-order valence-electron chi connectivity index (χ0n) is 7.04. The lowest BCUT2D eigenvalue weighted by Gasteiger charge is -2.18. The van der Waals surface area contributed by atoms with Gasteiger partial charge in [-0.05, 0) is 26.7 Å². The van der Waals surface area contributed by atoms with E-state index in [1.54, 1.807) is 0 Å². The number of hydrogen-bond acceptors (Lipinski definition) is 0. The van der Waals surface area contributed by atoms with Crippen LogP contribution in [0.3, 0.4) is 0 Å². The Hall–Kier alpha value is -0.440. The van der Waals surface area contributed by atoms with Crippen molar-refractivity contribution in [1.82, 2.24) is 0 Å². The third kappa shape index (κ3) is 2.43. The van der Waals surface area contributed by atoms with Gasteiger partial charge >= 0.3 is 0 Å². The lowest BCUT2D eigenvalue weighted by atomic mass is 9.86.